The number of aromatic nitrogens is 1. The summed E-state index contributed by atoms with van der Waals surface area (Å²) in [6, 6.07) is 14.1. The molecule has 5 nitrogen and oxygen atoms in total. The Kier molecular flexibility index (Phi) is 4.42. The SMILES string of the molecule is COc1ccc(NC(=S)N2CCc3c([nH]c4ccccc34)C2)c(OC)c1. The fraction of sp³-hybridized carbons (Fsp3) is 0.250. The third-order valence-corrected chi connectivity index (χ3v) is 5.18. The molecule has 1 aliphatic rings. The molecule has 1 aliphatic heterocycles. The van der Waals surface area contributed by atoms with Crippen molar-refractivity contribution in [2.24, 2.45) is 0 Å². The van der Waals surface area contributed by atoms with Crippen LogP contribution in [0.15, 0.2) is 42.5 Å². The van der Waals surface area contributed by atoms with Crippen LogP contribution in [0.5, 0.6) is 11.5 Å². The second kappa shape index (κ2) is 6.88. The molecule has 3 aromatic rings. The lowest BCUT2D eigenvalue weighted by Gasteiger charge is -2.30. The molecular weight excluding hydrogens is 346 g/mol. The Bertz CT molecular complexity index is 967. The van der Waals surface area contributed by atoms with Gasteiger partial charge in [-0.2, -0.15) is 0 Å². The molecular formula is C20H21N3O2S. The van der Waals surface area contributed by atoms with E-state index in [1.807, 2.05) is 18.2 Å². The van der Waals surface area contributed by atoms with Crippen LogP contribution in [0.1, 0.15) is 11.3 Å². The highest BCUT2D eigenvalue weighted by Gasteiger charge is 2.22. The van der Waals surface area contributed by atoms with Crippen LogP contribution in [-0.2, 0) is 13.0 Å². The van der Waals surface area contributed by atoms with Gasteiger partial charge < -0.3 is 24.7 Å². The molecule has 0 saturated heterocycles. The van der Waals surface area contributed by atoms with E-state index in [0.717, 1.165) is 30.9 Å². The molecule has 4 rings (SSSR count). The van der Waals surface area contributed by atoms with Crippen molar-refractivity contribution < 1.29 is 9.47 Å². The molecule has 1 aromatic heterocycles. The average Bonchev–Trinajstić information content (AvgIpc) is 3.06. The van der Waals surface area contributed by atoms with Crippen molar-refractivity contribution in [3.8, 4) is 11.5 Å². The number of hydrogen-bond acceptors (Lipinski definition) is 3. The Morgan fingerprint density at radius 3 is 2.81 bits per heavy atom. The normalized spacial score (nSPS) is 13.4. The molecule has 0 unspecified atom stereocenters. The third-order valence-electron chi connectivity index (χ3n) is 4.82. The minimum atomic E-state index is 0.692. The van der Waals surface area contributed by atoms with Gasteiger partial charge in [0.25, 0.3) is 0 Å². The van der Waals surface area contributed by atoms with Gasteiger partial charge in [0.05, 0.1) is 26.5 Å². The summed E-state index contributed by atoms with van der Waals surface area (Å²) in [5.74, 6) is 1.45. The summed E-state index contributed by atoms with van der Waals surface area (Å²) in [5.41, 5.74) is 4.67. The second-order valence-corrected chi connectivity index (χ2v) is 6.68. The zero-order valence-corrected chi connectivity index (χ0v) is 15.7. The van der Waals surface area contributed by atoms with Gasteiger partial charge in [0.2, 0.25) is 0 Å². The number of ether oxygens (including phenoxy) is 2. The number of anilines is 1. The maximum atomic E-state index is 5.65. The molecule has 0 atom stereocenters. The number of nitrogens with zero attached hydrogens (tertiary/aromatic N) is 1. The van der Waals surface area contributed by atoms with Crippen LogP contribution in [0.4, 0.5) is 5.69 Å². The van der Waals surface area contributed by atoms with Gasteiger partial charge in [0.1, 0.15) is 11.5 Å². The van der Waals surface area contributed by atoms with Gasteiger partial charge in [-0.05, 0) is 42.4 Å². The van der Waals surface area contributed by atoms with Gasteiger partial charge in [0.15, 0.2) is 5.11 Å². The van der Waals surface area contributed by atoms with Crippen molar-refractivity contribution >= 4 is 33.9 Å². The number of para-hydroxylation sites is 1. The number of fused-ring (bicyclic) bond motifs is 3. The Balaban J connectivity index is 1.53. The summed E-state index contributed by atoms with van der Waals surface area (Å²) >= 11 is 5.65. The topological polar surface area (TPSA) is 49.5 Å². The molecule has 0 spiro atoms. The Morgan fingerprint density at radius 2 is 2.00 bits per heavy atom. The number of aromatic amines is 1. The highest BCUT2D eigenvalue weighted by molar-refractivity contribution is 7.80. The maximum Gasteiger partial charge on any atom is 0.173 e. The zero-order chi connectivity index (χ0) is 18.1. The van der Waals surface area contributed by atoms with Crippen LogP contribution in [0.25, 0.3) is 10.9 Å². The first-order chi connectivity index (χ1) is 12.7. The molecule has 0 fully saturated rings. The van der Waals surface area contributed by atoms with Crippen molar-refractivity contribution in [1.82, 2.24) is 9.88 Å². The van der Waals surface area contributed by atoms with E-state index in [1.54, 1.807) is 14.2 Å². The van der Waals surface area contributed by atoms with Crippen molar-refractivity contribution in [3.05, 3.63) is 53.7 Å². The Morgan fingerprint density at radius 1 is 1.15 bits per heavy atom. The standard InChI is InChI=1S/C20H21N3O2S/c1-24-13-7-8-17(19(11-13)25-2)22-20(26)23-10-9-15-14-5-3-4-6-16(14)21-18(15)12-23/h3-8,11,21H,9-10,12H2,1-2H3,(H,22,26). The molecule has 2 aromatic carbocycles. The summed E-state index contributed by atoms with van der Waals surface area (Å²) in [5, 5.41) is 5.32. The minimum absolute atomic E-state index is 0.692. The average molecular weight is 367 g/mol. The lowest BCUT2D eigenvalue weighted by Crippen LogP contribution is -2.38. The van der Waals surface area contributed by atoms with E-state index in [2.05, 4.69) is 39.5 Å². The third kappa shape index (κ3) is 2.97. The smallest absolute Gasteiger partial charge is 0.173 e. The van der Waals surface area contributed by atoms with Crippen molar-refractivity contribution in [1.29, 1.82) is 0 Å². The van der Waals surface area contributed by atoms with E-state index in [4.69, 9.17) is 21.7 Å². The Hall–Kier alpha value is -2.73. The molecule has 6 heteroatoms. The van der Waals surface area contributed by atoms with E-state index < -0.39 is 0 Å². The molecule has 2 N–H and O–H groups in total. The summed E-state index contributed by atoms with van der Waals surface area (Å²) in [4.78, 5) is 5.71. The number of rotatable bonds is 3. The molecule has 0 aliphatic carbocycles. The summed E-state index contributed by atoms with van der Waals surface area (Å²) in [7, 11) is 3.28. The molecule has 134 valence electrons. The van der Waals surface area contributed by atoms with Crippen molar-refractivity contribution in [3.63, 3.8) is 0 Å². The maximum absolute atomic E-state index is 5.65. The van der Waals surface area contributed by atoms with E-state index in [1.165, 1.54) is 22.2 Å². The quantitative estimate of drug-likeness (QED) is 0.687. The molecule has 0 bridgehead atoms. The van der Waals surface area contributed by atoms with E-state index in [-0.39, 0.29) is 0 Å². The van der Waals surface area contributed by atoms with Gasteiger partial charge in [-0.25, -0.2) is 0 Å². The fourth-order valence-corrected chi connectivity index (χ4v) is 3.73. The first-order valence-electron chi connectivity index (χ1n) is 8.56. The van der Waals surface area contributed by atoms with Crippen LogP contribution in [0.2, 0.25) is 0 Å². The lowest BCUT2D eigenvalue weighted by molar-refractivity contribution is 0.392. The van der Waals surface area contributed by atoms with E-state index in [0.29, 0.717) is 10.9 Å². The molecule has 0 amide bonds. The molecule has 26 heavy (non-hydrogen) atoms. The predicted octanol–water partition coefficient (Wildman–Crippen LogP) is 3.94. The van der Waals surface area contributed by atoms with Gasteiger partial charge in [0, 0.05) is 29.2 Å². The summed E-state index contributed by atoms with van der Waals surface area (Å²) in [6.45, 7) is 1.66. The fourth-order valence-electron chi connectivity index (χ4n) is 3.46. The van der Waals surface area contributed by atoms with Crippen LogP contribution < -0.4 is 14.8 Å². The number of hydrogen-bond donors (Lipinski definition) is 2. The van der Waals surface area contributed by atoms with E-state index >= 15 is 0 Å². The number of methoxy groups -OCH3 is 2. The second-order valence-electron chi connectivity index (χ2n) is 6.30. The van der Waals surface area contributed by atoms with Crippen molar-refractivity contribution in [2.75, 3.05) is 26.1 Å². The monoisotopic (exact) mass is 367 g/mol. The van der Waals surface area contributed by atoms with Gasteiger partial charge in [-0.1, -0.05) is 18.2 Å². The van der Waals surface area contributed by atoms with Crippen LogP contribution in [-0.4, -0.2) is 35.8 Å². The molecule has 0 radical (unpaired) electrons. The molecule has 0 saturated carbocycles. The lowest BCUT2D eigenvalue weighted by atomic mass is 10.0. The Labute approximate surface area is 157 Å². The predicted molar refractivity (Wildman–Crippen MR) is 108 cm³/mol. The van der Waals surface area contributed by atoms with Gasteiger partial charge in [-0.15, -0.1) is 0 Å². The van der Waals surface area contributed by atoms with Crippen molar-refractivity contribution in [2.45, 2.75) is 13.0 Å². The minimum Gasteiger partial charge on any atom is -0.497 e. The van der Waals surface area contributed by atoms with Crippen LogP contribution in [0, 0.1) is 0 Å². The van der Waals surface area contributed by atoms with Gasteiger partial charge in [-0.3, -0.25) is 0 Å². The summed E-state index contributed by atoms with van der Waals surface area (Å²) in [6.07, 6.45) is 0.973. The van der Waals surface area contributed by atoms with E-state index in [9.17, 15) is 0 Å². The van der Waals surface area contributed by atoms with Crippen LogP contribution >= 0.6 is 12.2 Å². The molecule has 2 heterocycles. The first-order valence-corrected chi connectivity index (χ1v) is 8.97. The summed E-state index contributed by atoms with van der Waals surface area (Å²) < 4.78 is 10.7. The van der Waals surface area contributed by atoms with Crippen LogP contribution in [0.3, 0.4) is 0 Å². The first kappa shape index (κ1) is 16.7. The van der Waals surface area contributed by atoms with Gasteiger partial charge >= 0.3 is 0 Å². The number of nitrogens with one attached hydrogen (secondary N) is 2. The number of thiocarbonyl (C=S) groups is 1. The highest BCUT2D eigenvalue weighted by atomic mass is 32.1. The number of benzene rings is 2. The largest absolute Gasteiger partial charge is 0.497 e. The highest BCUT2D eigenvalue weighted by Crippen LogP contribution is 2.31. The number of H-pyrrole nitrogens is 1. The zero-order valence-electron chi connectivity index (χ0n) is 14.8.